The third kappa shape index (κ3) is 2.50. The zero-order valence-corrected chi connectivity index (χ0v) is 9.45. The summed E-state index contributed by atoms with van der Waals surface area (Å²) in [4.78, 5) is 10.8. The van der Waals surface area contributed by atoms with Gasteiger partial charge in [-0.05, 0) is 22.9 Å². The van der Waals surface area contributed by atoms with E-state index in [-0.39, 0.29) is 0 Å². The van der Waals surface area contributed by atoms with Crippen LogP contribution in [0.4, 0.5) is 5.69 Å². The van der Waals surface area contributed by atoms with Crippen molar-refractivity contribution in [1.82, 2.24) is 0 Å². The molecule has 0 aliphatic rings. The van der Waals surface area contributed by atoms with E-state index in [0.29, 0.717) is 5.69 Å². The van der Waals surface area contributed by atoms with Gasteiger partial charge in [0.25, 0.3) is 5.91 Å². The van der Waals surface area contributed by atoms with Gasteiger partial charge in [-0.2, -0.15) is 15.5 Å². The van der Waals surface area contributed by atoms with Gasteiger partial charge in [-0.3, -0.25) is 4.79 Å². The standard InChI is InChI=1S/C13H10N4O/c14-8-12(13(15)18)17-16-11-6-5-9-3-1-2-4-10(9)7-11/h1-7,12H,(H2,15,18). The number of carbonyl (C=O) groups excluding carboxylic acids is 1. The normalized spacial score (nSPS) is 12.4. The Morgan fingerprint density at radius 3 is 2.61 bits per heavy atom. The Morgan fingerprint density at radius 1 is 1.22 bits per heavy atom. The predicted octanol–water partition coefficient (Wildman–Crippen LogP) is 2.30. The monoisotopic (exact) mass is 238 g/mol. The molecule has 88 valence electrons. The van der Waals surface area contributed by atoms with Gasteiger partial charge in [0.05, 0.1) is 5.69 Å². The quantitative estimate of drug-likeness (QED) is 0.831. The van der Waals surface area contributed by atoms with Gasteiger partial charge >= 0.3 is 0 Å². The maximum atomic E-state index is 10.8. The van der Waals surface area contributed by atoms with Gasteiger partial charge in [-0.15, -0.1) is 0 Å². The van der Waals surface area contributed by atoms with Crippen LogP contribution in [0.2, 0.25) is 0 Å². The molecule has 0 aliphatic heterocycles. The summed E-state index contributed by atoms with van der Waals surface area (Å²) in [5, 5.41) is 18.2. The van der Waals surface area contributed by atoms with Crippen molar-refractivity contribution < 1.29 is 4.79 Å². The summed E-state index contributed by atoms with van der Waals surface area (Å²) in [6.07, 6.45) is 0. The summed E-state index contributed by atoms with van der Waals surface area (Å²) in [5.41, 5.74) is 5.57. The molecule has 0 aliphatic carbocycles. The van der Waals surface area contributed by atoms with Crippen molar-refractivity contribution in [2.24, 2.45) is 16.0 Å². The fourth-order valence-electron chi connectivity index (χ4n) is 1.51. The molecule has 5 nitrogen and oxygen atoms in total. The molecule has 18 heavy (non-hydrogen) atoms. The first-order chi connectivity index (χ1) is 8.70. The van der Waals surface area contributed by atoms with Crippen LogP contribution in [-0.2, 0) is 4.79 Å². The molecule has 2 N–H and O–H groups in total. The van der Waals surface area contributed by atoms with Gasteiger partial charge < -0.3 is 5.73 Å². The largest absolute Gasteiger partial charge is 0.367 e. The number of benzene rings is 2. The summed E-state index contributed by atoms with van der Waals surface area (Å²) in [6, 6.07) is 13.7. The molecule has 2 aromatic carbocycles. The summed E-state index contributed by atoms with van der Waals surface area (Å²) in [7, 11) is 0. The Balaban J connectivity index is 2.30. The van der Waals surface area contributed by atoms with Crippen LogP contribution in [0.15, 0.2) is 52.7 Å². The number of nitrogens with two attached hydrogens (primary N) is 1. The Morgan fingerprint density at radius 2 is 1.94 bits per heavy atom. The number of fused-ring (bicyclic) bond motifs is 1. The highest BCUT2D eigenvalue weighted by molar-refractivity contribution is 5.85. The van der Waals surface area contributed by atoms with E-state index in [9.17, 15) is 4.79 Å². The summed E-state index contributed by atoms with van der Waals surface area (Å²) >= 11 is 0. The van der Waals surface area contributed by atoms with Gasteiger partial charge in [-0.25, -0.2) is 0 Å². The Hall–Kier alpha value is -2.74. The van der Waals surface area contributed by atoms with Crippen LogP contribution in [0.1, 0.15) is 0 Å². The van der Waals surface area contributed by atoms with Crippen LogP contribution < -0.4 is 5.73 Å². The number of hydrogen-bond donors (Lipinski definition) is 1. The first-order valence-electron chi connectivity index (χ1n) is 5.29. The lowest BCUT2D eigenvalue weighted by Gasteiger charge is -1.99. The van der Waals surface area contributed by atoms with Crippen molar-refractivity contribution >= 4 is 22.4 Å². The van der Waals surface area contributed by atoms with Gasteiger partial charge in [0.1, 0.15) is 6.07 Å². The fraction of sp³-hybridized carbons (Fsp3) is 0.0769. The maximum absolute atomic E-state index is 10.8. The molecule has 0 spiro atoms. The summed E-state index contributed by atoms with van der Waals surface area (Å²) in [5.74, 6) is -0.804. The minimum absolute atomic E-state index is 0.579. The molecule has 0 fully saturated rings. The Kier molecular flexibility index (Phi) is 3.30. The SMILES string of the molecule is N#CC(N=Nc1ccc2ccccc2c1)C(N)=O. The number of amides is 1. The molecular weight excluding hydrogens is 228 g/mol. The van der Waals surface area contributed by atoms with Crippen LogP contribution in [-0.4, -0.2) is 11.9 Å². The lowest BCUT2D eigenvalue weighted by Crippen LogP contribution is -2.24. The van der Waals surface area contributed by atoms with E-state index in [2.05, 4.69) is 10.2 Å². The number of azo groups is 1. The first kappa shape index (κ1) is 11.7. The number of primary amides is 1. The van der Waals surface area contributed by atoms with Crippen molar-refractivity contribution in [3.05, 3.63) is 42.5 Å². The predicted molar refractivity (Wildman–Crippen MR) is 67.1 cm³/mol. The number of hydrogen-bond acceptors (Lipinski definition) is 4. The van der Waals surface area contributed by atoms with Crippen molar-refractivity contribution in [2.45, 2.75) is 6.04 Å². The molecule has 0 aromatic heterocycles. The van der Waals surface area contributed by atoms with Crippen molar-refractivity contribution in [1.29, 1.82) is 5.26 Å². The molecule has 0 saturated carbocycles. The van der Waals surface area contributed by atoms with Crippen LogP contribution >= 0.6 is 0 Å². The van der Waals surface area contributed by atoms with E-state index in [4.69, 9.17) is 11.0 Å². The topological polar surface area (TPSA) is 91.6 Å². The smallest absolute Gasteiger partial charge is 0.258 e. The number of rotatable bonds is 3. The maximum Gasteiger partial charge on any atom is 0.258 e. The van der Waals surface area contributed by atoms with Gasteiger partial charge in [0.15, 0.2) is 0 Å². The minimum atomic E-state index is -1.24. The van der Waals surface area contributed by atoms with Crippen LogP contribution in [0.5, 0.6) is 0 Å². The van der Waals surface area contributed by atoms with Gasteiger partial charge in [0, 0.05) is 0 Å². The molecule has 2 aromatic rings. The number of nitriles is 1. The van der Waals surface area contributed by atoms with Crippen LogP contribution in [0.3, 0.4) is 0 Å². The summed E-state index contributed by atoms with van der Waals surface area (Å²) < 4.78 is 0. The Bertz CT molecular complexity index is 657. The molecule has 2 rings (SSSR count). The second-order valence-electron chi connectivity index (χ2n) is 3.68. The van der Waals surface area contributed by atoms with E-state index in [1.807, 2.05) is 36.4 Å². The lowest BCUT2D eigenvalue weighted by atomic mass is 10.1. The molecule has 0 bridgehead atoms. The fourth-order valence-corrected chi connectivity index (χ4v) is 1.51. The lowest BCUT2D eigenvalue weighted by molar-refractivity contribution is -0.118. The van der Waals surface area contributed by atoms with Crippen molar-refractivity contribution in [3.8, 4) is 6.07 Å². The van der Waals surface area contributed by atoms with Crippen LogP contribution in [0.25, 0.3) is 10.8 Å². The molecule has 1 amide bonds. The highest BCUT2D eigenvalue weighted by Gasteiger charge is 2.11. The zero-order valence-electron chi connectivity index (χ0n) is 9.45. The zero-order chi connectivity index (χ0) is 13.0. The molecule has 5 heteroatoms. The highest BCUT2D eigenvalue weighted by Crippen LogP contribution is 2.21. The summed E-state index contributed by atoms with van der Waals surface area (Å²) in [6.45, 7) is 0. The third-order valence-corrected chi connectivity index (χ3v) is 2.41. The third-order valence-electron chi connectivity index (χ3n) is 2.41. The Labute approximate surface area is 104 Å². The van der Waals surface area contributed by atoms with E-state index < -0.39 is 11.9 Å². The van der Waals surface area contributed by atoms with Crippen molar-refractivity contribution in [2.75, 3.05) is 0 Å². The van der Waals surface area contributed by atoms with Crippen LogP contribution in [0, 0.1) is 11.3 Å². The van der Waals surface area contributed by atoms with Crippen molar-refractivity contribution in [3.63, 3.8) is 0 Å². The number of nitrogens with zero attached hydrogens (tertiary/aromatic N) is 3. The second kappa shape index (κ2) is 5.06. The number of carbonyl (C=O) groups is 1. The highest BCUT2D eigenvalue weighted by atomic mass is 16.1. The molecule has 0 radical (unpaired) electrons. The van der Waals surface area contributed by atoms with E-state index >= 15 is 0 Å². The van der Waals surface area contributed by atoms with Gasteiger partial charge in [-0.1, -0.05) is 30.3 Å². The minimum Gasteiger partial charge on any atom is -0.367 e. The van der Waals surface area contributed by atoms with E-state index in [1.165, 1.54) is 0 Å². The molecule has 1 unspecified atom stereocenters. The molecular formula is C13H10N4O. The van der Waals surface area contributed by atoms with Gasteiger partial charge in [0.2, 0.25) is 6.04 Å². The second-order valence-corrected chi connectivity index (χ2v) is 3.68. The average Bonchev–Trinajstić information content (AvgIpc) is 2.39. The van der Waals surface area contributed by atoms with E-state index in [1.54, 1.807) is 12.1 Å². The average molecular weight is 238 g/mol. The first-order valence-corrected chi connectivity index (χ1v) is 5.29. The molecule has 1 atom stereocenters. The molecule has 0 heterocycles. The van der Waals surface area contributed by atoms with E-state index in [0.717, 1.165) is 10.8 Å². The molecule has 0 saturated heterocycles.